The van der Waals surface area contributed by atoms with E-state index in [-0.39, 0.29) is 17.7 Å². The highest BCUT2D eigenvalue weighted by atomic mass is 16.6. The quantitative estimate of drug-likeness (QED) is 0.639. The van der Waals surface area contributed by atoms with Crippen LogP contribution >= 0.6 is 0 Å². The van der Waals surface area contributed by atoms with Gasteiger partial charge >= 0.3 is 6.09 Å². The first kappa shape index (κ1) is 10.3. The van der Waals surface area contributed by atoms with Gasteiger partial charge in [-0.05, 0) is 33.7 Å². The molecule has 76 valence electrons. The van der Waals surface area contributed by atoms with Crippen molar-refractivity contribution >= 4 is 6.09 Å². The minimum atomic E-state index is -0.318. The monoisotopic (exact) mass is 186 g/mol. The van der Waals surface area contributed by atoms with Crippen molar-refractivity contribution < 1.29 is 9.53 Å². The topological polar surface area (TPSA) is 50.4 Å². The Morgan fingerprint density at radius 3 is 2.69 bits per heavy atom. The number of rotatable bonds is 1. The third-order valence-corrected chi connectivity index (χ3v) is 1.77. The van der Waals surface area contributed by atoms with E-state index in [9.17, 15) is 4.79 Å². The van der Waals surface area contributed by atoms with Crippen molar-refractivity contribution in [2.24, 2.45) is 0 Å². The predicted molar refractivity (Wildman–Crippen MR) is 50.6 cm³/mol. The zero-order valence-corrected chi connectivity index (χ0v) is 8.52. The van der Waals surface area contributed by atoms with Crippen molar-refractivity contribution in [1.82, 2.24) is 10.6 Å². The van der Waals surface area contributed by atoms with Crippen LogP contribution in [0.5, 0.6) is 0 Å². The Kier molecular flexibility index (Phi) is 3.14. The minimum absolute atomic E-state index is 0.0438. The van der Waals surface area contributed by atoms with E-state index in [0.29, 0.717) is 0 Å². The number of ether oxygens (including phenoxy) is 1. The molecule has 0 aromatic heterocycles. The molecule has 0 bridgehead atoms. The van der Waals surface area contributed by atoms with Crippen molar-refractivity contribution in [2.45, 2.75) is 38.8 Å². The Balaban J connectivity index is 2.24. The van der Waals surface area contributed by atoms with E-state index < -0.39 is 0 Å². The molecule has 0 radical (unpaired) electrons. The van der Waals surface area contributed by atoms with Crippen molar-refractivity contribution in [2.75, 3.05) is 13.1 Å². The molecule has 0 aromatic carbocycles. The molecule has 1 saturated heterocycles. The van der Waals surface area contributed by atoms with Crippen LogP contribution in [0.4, 0.5) is 4.79 Å². The van der Waals surface area contributed by atoms with Crippen molar-refractivity contribution in [1.29, 1.82) is 0 Å². The maximum Gasteiger partial charge on any atom is 0.407 e. The molecule has 2 N–H and O–H groups in total. The van der Waals surface area contributed by atoms with Gasteiger partial charge in [0.05, 0.1) is 0 Å². The first-order chi connectivity index (χ1) is 5.97. The molecule has 13 heavy (non-hydrogen) atoms. The Bertz CT molecular complexity index is 181. The highest BCUT2D eigenvalue weighted by molar-refractivity contribution is 5.68. The smallest absolute Gasteiger partial charge is 0.407 e. The highest BCUT2D eigenvalue weighted by Gasteiger charge is 2.21. The molecular weight excluding hydrogens is 168 g/mol. The minimum Gasteiger partial charge on any atom is -0.445 e. The fourth-order valence-corrected chi connectivity index (χ4v) is 1.22. The van der Waals surface area contributed by atoms with E-state index in [1.54, 1.807) is 0 Å². The van der Waals surface area contributed by atoms with Crippen molar-refractivity contribution in [3.8, 4) is 0 Å². The average molecular weight is 186 g/mol. The highest BCUT2D eigenvalue weighted by Crippen LogP contribution is 2.05. The number of carbonyl (C=O) groups excluding carboxylic acids is 1. The fourth-order valence-electron chi connectivity index (χ4n) is 1.22. The van der Waals surface area contributed by atoms with E-state index in [2.05, 4.69) is 10.6 Å². The third kappa shape index (κ3) is 4.12. The zero-order chi connectivity index (χ0) is 9.90. The summed E-state index contributed by atoms with van der Waals surface area (Å²) < 4.78 is 5.17. The lowest BCUT2D eigenvalue weighted by molar-refractivity contribution is 0.100. The summed E-state index contributed by atoms with van der Waals surface area (Å²) in [7, 11) is 0. The molecule has 0 unspecified atom stereocenters. The molecule has 0 aromatic rings. The number of amides is 1. The summed E-state index contributed by atoms with van der Waals surface area (Å²) in [6.07, 6.45) is 0.640. The Morgan fingerprint density at radius 2 is 2.23 bits per heavy atom. The summed E-state index contributed by atoms with van der Waals surface area (Å²) in [6, 6.07) is 0. The summed E-state index contributed by atoms with van der Waals surface area (Å²) in [4.78, 5) is 11.3. The maximum atomic E-state index is 11.3. The van der Waals surface area contributed by atoms with Gasteiger partial charge in [-0.2, -0.15) is 0 Å². The van der Waals surface area contributed by atoms with Crippen LogP contribution in [-0.4, -0.2) is 30.8 Å². The Hall–Kier alpha value is -0.770. The van der Waals surface area contributed by atoms with Gasteiger partial charge in [0.15, 0.2) is 0 Å². The lowest BCUT2D eigenvalue weighted by Crippen LogP contribution is -2.42. The standard InChI is InChI=1S/C9H18N2O2/c1-9(2,3)11-8(12)13-7-4-5-10-6-7/h7,10H,4-6H2,1-3H3,(H,11,12)/t7-/m0/s1. The van der Waals surface area contributed by atoms with Crippen LogP contribution in [0.2, 0.25) is 0 Å². The Morgan fingerprint density at radius 1 is 1.54 bits per heavy atom. The van der Waals surface area contributed by atoms with E-state index in [0.717, 1.165) is 19.5 Å². The van der Waals surface area contributed by atoms with E-state index in [1.807, 2.05) is 20.8 Å². The SMILES string of the molecule is CC(C)(C)NC(=O)O[C@H]1CCNC1. The van der Waals surface area contributed by atoms with Gasteiger partial charge in [-0.3, -0.25) is 0 Å². The molecule has 0 saturated carbocycles. The van der Waals surface area contributed by atoms with Crippen LogP contribution in [-0.2, 0) is 4.74 Å². The molecule has 0 aliphatic carbocycles. The normalized spacial score (nSPS) is 22.8. The van der Waals surface area contributed by atoms with Gasteiger partial charge in [0, 0.05) is 12.1 Å². The van der Waals surface area contributed by atoms with Gasteiger partial charge in [0.2, 0.25) is 0 Å². The average Bonchev–Trinajstić information content (AvgIpc) is 2.34. The van der Waals surface area contributed by atoms with Crippen LogP contribution < -0.4 is 10.6 Å². The summed E-state index contributed by atoms with van der Waals surface area (Å²) in [5, 5.41) is 5.89. The summed E-state index contributed by atoms with van der Waals surface area (Å²) in [5.41, 5.74) is -0.219. The van der Waals surface area contributed by atoms with Gasteiger partial charge in [0.1, 0.15) is 6.10 Å². The molecular formula is C9H18N2O2. The first-order valence-corrected chi connectivity index (χ1v) is 4.67. The number of alkyl carbamates (subject to hydrolysis) is 1. The van der Waals surface area contributed by atoms with Crippen molar-refractivity contribution in [3.63, 3.8) is 0 Å². The van der Waals surface area contributed by atoms with E-state index >= 15 is 0 Å². The second-order valence-electron chi connectivity index (χ2n) is 4.40. The maximum absolute atomic E-state index is 11.3. The molecule has 1 atom stereocenters. The van der Waals surface area contributed by atoms with Crippen LogP contribution in [0, 0.1) is 0 Å². The van der Waals surface area contributed by atoms with Gasteiger partial charge in [-0.15, -0.1) is 0 Å². The van der Waals surface area contributed by atoms with Crippen molar-refractivity contribution in [3.05, 3.63) is 0 Å². The van der Waals surface area contributed by atoms with Gasteiger partial charge < -0.3 is 15.4 Å². The molecule has 1 rings (SSSR count). The molecule has 4 heteroatoms. The van der Waals surface area contributed by atoms with Crippen LogP contribution in [0.1, 0.15) is 27.2 Å². The zero-order valence-electron chi connectivity index (χ0n) is 8.52. The number of carbonyl (C=O) groups is 1. The largest absolute Gasteiger partial charge is 0.445 e. The van der Waals surface area contributed by atoms with Gasteiger partial charge in [0.25, 0.3) is 0 Å². The second kappa shape index (κ2) is 3.96. The molecule has 1 heterocycles. The summed E-state index contributed by atoms with van der Waals surface area (Å²) in [6.45, 7) is 7.51. The summed E-state index contributed by atoms with van der Waals surface area (Å²) >= 11 is 0. The van der Waals surface area contributed by atoms with E-state index in [1.165, 1.54) is 0 Å². The van der Waals surface area contributed by atoms with Gasteiger partial charge in [-0.25, -0.2) is 4.79 Å². The lowest BCUT2D eigenvalue weighted by atomic mass is 10.1. The van der Waals surface area contributed by atoms with Crippen LogP contribution in [0.3, 0.4) is 0 Å². The predicted octanol–water partition coefficient (Wildman–Crippen LogP) is 0.873. The number of hydrogen-bond acceptors (Lipinski definition) is 3. The number of nitrogens with one attached hydrogen (secondary N) is 2. The van der Waals surface area contributed by atoms with E-state index in [4.69, 9.17) is 4.74 Å². The van der Waals surface area contributed by atoms with Gasteiger partial charge in [-0.1, -0.05) is 0 Å². The Labute approximate surface area is 79.0 Å². The second-order valence-corrected chi connectivity index (χ2v) is 4.40. The summed E-state index contributed by atoms with van der Waals surface area (Å²) in [5.74, 6) is 0. The van der Waals surface area contributed by atoms with Crippen LogP contribution in [0.15, 0.2) is 0 Å². The molecule has 1 fully saturated rings. The lowest BCUT2D eigenvalue weighted by Gasteiger charge is -2.21. The third-order valence-electron chi connectivity index (χ3n) is 1.77. The van der Waals surface area contributed by atoms with Crippen LogP contribution in [0.25, 0.3) is 0 Å². The molecule has 4 nitrogen and oxygen atoms in total. The molecule has 1 aliphatic heterocycles. The molecule has 0 spiro atoms. The fraction of sp³-hybridized carbons (Fsp3) is 0.889. The first-order valence-electron chi connectivity index (χ1n) is 4.67. The number of hydrogen-bond donors (Lipinski definition) is 2. The molecule has 1 aliphatic rings. The molecule has 1 amide bonds.